The molecule has 11 heteroatoms. The number of hydrogen-bond donors (Lipinski definition) is 0. The van der Waals surface area contributed by atoms with Crippen molar-refractivity contribution >= 4 is 36.5 Å². The van der Waals surface area contributed by atoms with Gasteiger partial charge >= 0.3 is 0 Å². The van der Waals surface area contributed by atoms with Crippen LogP contribution in [0.3, 0.4) is 0 Å². The first kappa shape index (κ1) is 27.3. The zero-order chi connectivity index (χ0) is 28.6. The first-order valence-electron chi connectivity index (χ1n) is 13.1. The number of pyridine rings is 1. The highest BCUT2D eigenvalue weighted by Gasteiger charge is 2.41. The Morgan fingerprint density at radius 3 is 2.40 bits per heavy atom. The number of benzene rings is 2. The molecule has 5 rings (SSSR count). The third-order valence-electron chi connectivity index (χ3n) is 7.01. The third-order valence-corrected chi connectivity index (χ3v) is 8.71. The van der Waals surface area contributed by atoms with Crippen LogP contribution in [0, 0.1) is 17.0 Å². The number of ether oxygens (including phenoxy) is 1. The van der Waals surface area contributed by atoms with Crippen molar-refractivity contribution in [3.05, 3.63) is 99.0 Å². The number of rotatable bonds is 10. The second kappa shape index (κ2) is 10.7. The van der Waals surface area contributed by atoms with Gasteiger partial charge in [-0.05, 0) is 48.7 Å². The minimum Gasteiger partial charge on any atom is -0.360 e. The SMILES string of the molecule is Cc1cc(CC(c2cc([N+](=O)[O-])ccn2)N2C(=O)c3ccccc3C2=O)cc2cn(COCC[Si](C)(C)C)nc12. The smallest absolute Gasteiger partial charge is 0.272 e. The Labute approximate surface area is 232 Å². The van der Waals surface area contributed by atoms with Crippen molar-refractivity contribution in [2.75, 3.05) is 6.61 Å². The third kappa shape index (κ3) is 5.56. The molecule has 0 radical (unpaired) electrons. The fraction of sp³-hybridized carbons (Fsp3) is 0.310. The average Bonchev–Trinajstić information content (AvgIpc) is 3.43. The van der Waals surface area contributed by atoms with Crippen LogP contribution >= 0.6 is 0 Å². The summed E-state index contributed by atoms with van der Waals surface area (Å²) in [5.41, 5.74) is 3.35. The molecule has 40 heavy (non-hydrogen) atoms. The second-order valence-electron chi connectivity index (χ2n) is 11.3. The van der Waals surface area contributed by atoms with E-state index in [0.717, 1.165) is 28.1 Å². The Morgan fingerprint density at radius 1 is 1.05 bits per heavy atom. The number of nitrogens with zero attached hydrogens (tertiary/aromatic N) is 5. The molecule has 1 atom stereocenters. The molecule has 206 valence electrons. The van der Waals surface area contributed by atoms with Crippen molar-refractivity contribution in [3.8, 4) is 0 Å². The lowest BCUT2D eigenvalue weighted by Gasteiger charge is -2.26. The van der Waals surface area contributed by atoms with Crippen LogP contribution in [0.1, 0.15) is 43.6 Å². The van der Waals surface area contributed by atoms with E-state index in [1.165, 1.54) is 23.2 Å². The van der Waals surface area contributed by atoms with Crippen LogP contribution in [-0.2, 0) is 17.9 Å². The van der Waals surface area contributed by atoms with Gasteiger partial charge in [0, 0.05) is 44.6 Å². The van der Waals surface area contributed by atoms with Gasteiger partial charge in [-0.25, -0.2) is 4.68 Å². The molecule has 0 N–H and O–H groups in total. The van der Waals surface area contributed by atoms with E-state index < -0.39 is 30.9 Å². The molecule has 0 bridgehead atoms. The maximum atomic E-state index is 13.4. The number of imide groups is 1. The minimum atomic E-state index is -1.19. The summed E-state index contributed by atoms with van der Waals surface area (Å²) in [4.78, 5) is 43.4. The zero-order valence-electron chi connectivity index (χ0n) is 23.0. The molecule has 0 spiro atoms. The van der Waals surface area contributed by atoms with Gasteiger partial charge < -0.3 is 4.74 Å². The van der Waals surface area contributed by atoms with Gasteiger partial charge in [0.25, 0.3) is 17.5 Å². The lowest BCUT2D eigenvalue weighted by molar-refractivity contribution is -0.385. The minimum absolute atomic E-state index is 0.159. The van der Waals surface area contributed by atoms with Crippen molar-refractivity contribution in [3.63, 3.8) is 0 Å². The average molecular weight is 558 g/mol. The van der Waals surface area contributed by atoms with Gasteiger partial charge in [-0.1, -0.05) is 37.8 Å². The normalized spacial score (nSPS) is 14.2. The first-order valence-corrected chi connectivity index (χ1v) is 16.8. The van der Waals surface area contributed by atoms with Crippen molar-refractivity contribution in [1.82, 2.24) is 19.7 Å². The molecule has 1 aliphatic heterocycles. The van der Waals surface area contributed by atoms with Crippen molar-refractivity contribution in [1.29, 1.82) is 0 Å². The van der Waals surface area contributed by atoms with Gasteiger partial charge in [0.15, 0.2) is 0 Å². The summed E-state index contributed by atoms with van der Waals surface area (Å²) in [6.45, 7) is 9.92. The quantitative estimate of drug-likeness (QED) is 0.0825. The van der Waals surface area contributed by atoms with Gasteiger partial charge in [-0.2, -0.15) is 5.10 Å². The van der Waals surface area contributed by atoms with E-state index in [2.05, 4.69) is 29.7 Å². The zero-order valence-corrected chi connectivity index (χ0v) is 24.0. The van der Waals surface area contributed by atoms with E-state index in [4.69, 9.17) is 4.74 Å². The molecule has 1 aliphatic rings. The molecule has 1 unspecified atom stereocenters. The van der Waals surface area contributed by atoms with Crippen molar-refractivity contribution in [2.45, 2.75) is 51.8 Å². The molecule has 0 saturated heterocycles. The predicted molar refractivity (Wildman–Crippen MR) is 153 cm³/mol. The summed E-state index contributed by atoms with van der Waals surface area (Å²) in [5, 5.41) is 17.1. The van der Waals surface area contributed by atoms with Gasteiger partial charge in [0.05, 0.1) is 33.3 Å². The summed E-state index contributed by atoms with van der Waals surface area (Å²) in [6, 6.07) is 13.4. The molecule has 2 aromatic heterocycles. The molecule has 4 aromatic rings. The molecular weight excluding hydrogens is 526 g/mol. The summed E-state index contributed by atoms with van der Waals surface area (Å²) in [6.07, 6.45) is 3.48. The fourth-order valence-corrected chi connectivity index (χ4v) is 5.69. The number of nitro groups is 1. The van der Waals surface area contributed by atoms with E-state index >= 15 is 0 Å². The molecule has 2 aromatic carbocycles. The molecule has 0 aliphatic carbocycles. The molecular formula is C29H31N5O5Si. The number of aromatic nitrogens is 3. The van der Waals surface area contributed by atoms with E-state index in [0.29, 0.717) is 24.5 Å². The Morgan fingerprint density at radius 2 is 1.75 bits per heavy atom. The summed E-state index contributed by atoms with van der Waals surface area (Å²) < 4.78 is 7.63. The molecule has 0 fully saturated rings. The monoisotopic (exact) mass is 557 g/mol. The Balaban J connectivity index is 1.47. The van der Waals surface area contributed by atoms with Crippen LogP contribution in [0.4, 0.5) is 5.69 Å². The predicted octanol–water partition coefficient (Wildman–Crippen LogP) is 5.54. The highest BCUT2D eigenvalue weighted by molar-refractivity contribution is 6.76. The summed E-state index contributed by atoms with van der Waals surface area (Å²) in [7, 11) is -1.19. The summed E-state index contributed by atoms with van der Waals surface area (Å²) in [5.74, 6) is -0.889. The summed E-state index contributed by atoms with van der Waals surface area (Å²) >= 11 is 0. The molecule has 10 nitrogen and oxygen atoms in total. The van der Waals surface area contributed by atoms with Crippen LogP contribution in [0.25, 0.3) is 10.9 Å². The topological polar surface area (TPSA) is 120 Å². The van der Waals surface area contributed by atoms with Gasteiger partial charge in [0.2, 0.25) is 0 Å². The van der Waals surface area contributed by atoms with E-state index in [1.54, 1.807) is 28.9 Å². The maximum Gasteiger partial charge on any atom is 0.272 e. The maximum absolute atomic E-state index is 13.4. The van der Waals surface area contributed by atoms with Crippen LogP contribution in [0.5, 0.6) is 0 Å². The number of aryl methyl sites for hydroxylation is 1. The lowest BCUT2D eigenvalue weighted by atomic mass is 9.98. The number of carbonyl (C=O) groups is 2. The molecule has 0 saturated carbocycles. The van der Waals surface area contributed by atoms with Crippen LogP contribution in [0.15, 0.2) is 60.9 Å². The first-order chi connectivity index (χ1) is 19.0. The number of hydrogen-bond acceptors (Lipinski definition) is 7. The lowest BCUT2D eigenvalue weighted by Crippen LogP contribution is -2.35. The fourth-order valence-electron chi connectivity index (χ4n) is 4.93. The molecule has 2 amide bonds. The highest BCUT2D eigenvalue weighted by atomic mass is 28.3. The van der Waals surface area contributed by atoms with Crippen LogP contribution in [0.2, 0.25) is 25.7 Å². The standard InChI is InChI=1S/C29H31N5O5Si/c1-19-13-20(14-21-17-32(31-27(19)21)18-39-11-12-40(2,3)4)15-26(25-16-22(34(37)38)9-10-30-25)33-28(35)23-7-5-6-8-24(23)29(33)36/h5-10,13-14,16-17,26H,11-12,15,18H2,1-4H3. The Bertz CT molecular complexity index is 1590. The number of fused-ring (bicyclic) bond motifs is 2. The number of amides is 2. The van der Waals surface area contributed by atoms with E-state index in [-0.39, 0.29) is 17.8 Å². The van der Waals surface area contributed by atoms with Gasteiger partial charge in [0.1, 0.15) is 6.73 Å². The Kier molecular flexibility index (Phi) is 7.34. The van der Waals surface area contributed by atoms with Gasteiger partial charge in [-0.15, -0.1) is 0 Å². The highest BCUT2D eigenvalue weighted by Crippen LogP contribution is 2.35. The Hall–Kier alpha value is -4.22. The van der Waals surface area contributed by atoms with Crippen LogP contribution < -0.4 is 0 Å². The van der Waals surface area contributed by atoms with Crippen molar-refractivity contribution < 1.29 is 19.2 Å². The van der Waals surface area contributed by atoms with Gasteiger partial charge in [-0.3, -0.25) is 29.6 Å². The number of carbonyl (C=O) groups excluding carboxylic acids is 2. The second-order valence-corrected chi connectivity index (χ2v) is 16.9. The largest absolute Gasteiger partial charge is 0.360 e. The van der Waals surface area contributed by atoms with Crippen LogP contribution in [-0.4, -0.2) is 51.1 Å². The van der Waals surface area contributed by atoms with E-state index in [1.807, 2.05) is 25.3 Å². The van der Waals surface area contributed by atoms with Crippen molar-refractivity contribution in [2.24, 2.45) is 0 Å². The molecule has 3 heterocycles. The van der Waals surface area contributed by atoms with E-state index in [9.17, 15) is 19.7 Å².